The molecule has 178 valence electrons. The minimum absolute atomic E-state index is 1.18. The first-order chi connectivity index (χ1) is 18.8. The molecule has 0 N–H and O–H groups in total. The molecule has 0 aliphatic carbocycles. The van der Waals surface area contributed by atoms with Gasteiger partial charge in [0.15, 0.2) is 0 Å². The third kappa shape index (κ3) is 3.31. The van der Waals surface area contributed by atoms with E-state index < -0.39 is 0 Å². The van der Waals surface area contributed by atoms with E-state index in [1.165, 1.54) is 69.9 Å². The van der Waals surface area contributed by atoms with Crippen molar-refractivity contribution >= 4 is 53.3 Å². The van der Waals surface area contributed by atoms with Crippen LogP contribution >= 0.6 is 11.3 Å². The normalized spacial score (nSPS) is 11.7. The van der Waals surface area contributed by atoms with Crippen molar-refractivity contribution in [2.24, 2.45) is 0 Å². The summed E-state index contributed by atoms with van der Waals surface area (Å²) in [7, 11) is 0. The number of rotatable bonds is 3. The third-order valence-electron chi connectivity index (χ3n) is 7.59. The third-order valence-corrected chi connectivity index (χ3v) is 8.74. The topological polar surface area (TPSA) is 4.93 Å². The van der Waals surface area contributed by atoms with Crippen molar-refractivity contribution in [3.8, 4) is 27.9 Å². The van der Waals surface area contributed by atoms with Gasteiger partial charge in [-0.15, -0.1) is 11.3 Å². The van der Waals surface area contributed by atoms with E-state index >= 15 is 0 Å². The fourth-order valence-electron chi connectivity index (χ4n) is 5.79. The minimum Gasteiger partial charge on any atom is -0.309 e. The van der Waals surface area contributed by atoms with E-state index in [2.05, 4.69) is 144 Å². The summed E-state index contributed by atoms with van der Waals surface area (Å²) in [6.07, 6.45) is 0. The van der Waals surface area contributed by atoms with Crippen LogP contribution in [0.5, 0.6) is 0 Å². The van der Waals surface area contributed by atoms with E-state index in [-0.39, 0.29) is 0 Å². The first-order valence-electron chi connectivity index (χ1n) is 12.9. The molecule has 2 heterocycles. The molecular formula is C36H23NS. The quantitative estimate of drug-likeness (QED) is 0.227. The van der Waals surface area contributed by atoms with Crippen LogP contribution in [0.4, 0.5) is 0 Å². The molecule has 0 aliphatic rings. The zero-order valence-electron chi connectivity index (χ0n) is 20.6. The second-order valence-corrected chi connectivity index (χ2v) is 10.9. The van der Waals surface area contributed by atoms with Gasteiger partial charge in [0.05, 0.1) is 11.0 Å². The molecule has 0 aliphatic heterocycles. The lowest BCUT2D eigenvalue weighted by atomic mass is 9.97. The van der Waals surface area contributed by atoms with Gasteiger partial charge >= 0.3 is 0 Å². The molecule has 0 fully saturated rings. The van der Waals surface area contributed by atoms with Crippen LogP contribution < -0.4 is 0 Å². The van der Waals surface area contributed by atoms with E-state index in [9.17, 15) is 0 Å². The summed E-state index contributed by atoms with van der Waals surface area (Å²) >= 11 is 1.87. The number of nitrogens with zero attached hydrogens (tertiary/aromatic N) is 1. The van der Waals surface area contributed by atoms with Crippen LogP contribution in [0.3, 0.4) is 0 Å². The number of benzene rings is 6. The van der Waals surface area contributed by atoms with E-state index in [1.807, 2.05) is 11.3 Å². The fraction of sp³-hybridized carbons (Fsp3) is 0. The van der Waals surface area contributed by atoms with Gasteiger partial charge in [0, 0.05) is 36.6 Å². The molecule has 2 heteroatoms. The monoisotopic (exact) mass is 501 g/mol. The summed E-state index contributed by atoms with van der Waals surface area (Å²) in [4.78, 5) is 0. The smallest absolute Gasteiger partial charge is 0.0541 e. The van der Waals surface area contributed by atoms with Crippen LogP contribution in [0.25, 0.3) is 69.9 Å². The number of hydrogen-bond donors (Lipinski definition) is 0. The van der Waals surface area contributed by atoms with Crippen molar-refractivity contribution in [3.05, 3.63) is 140 Å². The second-order valence-electron chi connectivity index (χ2n) is 9.81. The lowest BCUT2D eigenvalue weighted by molar-refractivity contribution is 1.18. The first-order valence-corrected chi connectivity index (χ1v) is 13.8. The SMILES string of the molecule is c1ccc(-n2c3ccccc3c3cc(-c4cccc(-c5ccc6sc7ccccc7c6c5)c4)ccc32)cc1. The molecule has 0 amide bonds. The van der Waals surface area contributed by atoms with Gasteiger partial charge in [-0.05, 0) is 76.9 Å². The van der Waals surface area contributed by atoms with E-state index in [1.54, 1.807) is 0 Å². The van der Waals surface area contributed by atoms with Crippen LogP contribution in [-0.2, 0) is 0 Å². The van der Waals surface area contributed by atoms with Gasteiger partial charge in [0.1, 0.15) is 0 Å². The van der Waals surface area contributed by atoms with Crippen molar-refractivity contribution < 1.29 is 0 Å². The number of para-hydroxylation sites is 2. The van der Waals surface area contributed by atoms with Crippen molar-refractivity contribution in [2.45, 2.75) is 0 Å². The van der Waals surface area contributed by atoms with E-state index in [4.69, 9.17) is 0 Å². The molecule has 1 nitrogen and oxygen atoms in total. The zero-order chi connectivity index (χ0) is 25.1. The van der Waals surface area contributed by atoms with Crippen LogP contribution in [0.2, 0.25) is 0 Å². The maximum atomic E-state index is 2.37. The van der Waals surface area contributed by atoms with E-state index in [0.717, 1.165) is 0 Å². The van der Waals surface area contributed by atoms with Crippen LogP contribution in [0, 0.1) is 0 Å². The largest absolute Gasteiger partial charge is 0.309 e. The Kier molecular flexibility index (Phi) is 4.76. The summed E-state index contributed by atoms with van der Waals surface area (Å²) in [5.74, 6) is 0. The summed E-state index contributed by atoms with van der Waals surface area (Å²) in [5.41, 5.74) is 8.61. The number of aromatic nitrogens is 1. The van der Waals surface area contributed by atoms with Crippen molar-refractivity contribution in [1.29, 1.82) is 0 Å². The van der Waals surface area contributed by atoms with Crippen LogP contribution in [-0.4, -0.2) is 4.57 Å². The van der Waals surface area contributed by atoms with Crippen molar-refractivity contribution in [2.75, 3.05) is 0 Å². The lowest BCUT2D eigenvalue weighted by Gasteiger charge is -2.09. The van der Waals surface area contributed by atoms with Crippen LogP contribution in [0.1, 0.15) is 0 Å². The molecule has 6 aromatic carbocycles. The Morgan fingerprint density at radius 2 is 0.974 bits per heavy atom. The summed E-state index contributed by atoms with van der Waals surface area (Å²) in [6.45, 7) is 0. The summed E-state index contributed by atoms with van der Waals surface area (Å²) < 4.78 is 5.05. The van der Waals surface area contributed by atoms with Gasteiger partial charge in [0.2, 0.25) is 0 Å². The second kappa shape index (κ2) is 8.44. The molecule has 0 saturated heterocycles. The standard InChI is InChI=1S/C36H23NS/c1-2-11-28(12-3-1)37-33-15-6-4-13-29(33)31-22-26(17-19-34(31)37)24-9-8-10-25(21-24)27-18-20-36-32(23-27)30-14-5-7-16-35(30)38-36/h1-23H. The summed E-state index contributed by atoms with van der Waals surface area (Å²) in [6, 6.07) is 50.7. The van der Waals surface area contributed by atoms with Gasteiger partial charge in [-0.2, -0.15) is 0 Å². The molecule has 0 saturated carbocycles. The van der Waals surface area contributed by atoms with Gasteiger partial charge in [-0.25, -0.2) is 0 Å². The predicted octanol–water partition coefficient (Wildman–Crippen LogP) is 10.5. The highest BCUT2D eigenvalue weighted by Gasteiger charge is 2.13. The molecule has 38 heavy (non-hydrogen) atoms. The number of thiophene rings is 1. The van der Waals surface area contributed by atoms with E-state index in [0.29, 0.717) is 0 Å². The van der Waals surface area contributed by atoms with Gasteiger partial charge < -0.3 is 4.57 Å². The first kappa shape index (κ1) is 21.4. The lowest BCUT2D eigenvalue weighted by Crippen LogP contribution is -1.92. The Bertz CT molecular complexity index is 2130. The summed E-state index contributed by atoms with van der Waals surface area (Å²) in [5, 5.41) is 5.23. The van der Waals surface area contributed by atoms with Gasteiger partial charge in [-0.1, -0.05) is 84.9 Å². The molecule has 0 atom stereocenters. The molecule has 0 radical (unpaired) electrons. The highest BCUT2D eigenvalue weighted by atomic mass is 32.1. The Morgan fingerprint density at radius 3 is 1.82 bits per heavy atom. The number of hydrogen-bond acceptors (Lipinski definition) is 1. The molecule has 0 spiro atoms. The average Bonchev–Trinajstić information content (AvgIpc) is 3.53. The fourth-order valence-corrected chi connectivity index (χ4v) is 6.88. The van der Waals surface area contributed by atoms with Gasteiger partial charge in [0.25, 0.3) is 0 Å². The molecule has 0 unspecified atom stereocenters. The molecule has 8 rings (SSSR count). The molecule has 2 aromatic heterocycles. The maximum Gasteiger partial charge on any atom is 0.0541 e. The molecule has 0 bridgehead atoms. The highest BCUT2D eigenvalue weighted by molar-refractivity contribution is 7.25. The Morgan fingerprint density at radius 1 is 0.368 bits per heavy atom. The van der Waals surface area contributed by atoms with Crippen LogP contribution in [0.15, 0.2) is 140 Å². The zero-order valence-corrected chi connectivity index (χ0v) is 21.5. The Labute approximate surface area is 224 Å². The number of fused-ring (bicyclic) bond motifs is 6. The van der Waals surface area contributed by atoms with Gasteiger partial charge in [-0.3, -0.25) is 0 Å². The Hall–Kier alpha value is -4.66. The maximum absolute atomic E-state index is 2.37. The predicted molar refractivity (Wildman–Crippen MR) is 165 cm³/mol. The molecule has 8 aromatic rings. The average molecular weight is 502 g/mol. The minimum atomic E-state index is 1.18. The Balaban J connectivity index is 1.27. The van der Waals surface area contributed by atoms with Crippen molar-refractivity contribution in [1.82, 2.24) is 4.57 Å². The molecular weight excluding hydrogens is 478 g/mol. The van der Waals surface area contributed by atoms with Crippen molar-refractivity contribution in [3.63, 3.8) is 0 Å². The highest BCUT2D eigenvalue weighted by Crippen LogP contribution is 2.38.